The first kappa shape index (κ1) is 15.3. The molecule has 1 atom stereocenters. The molecule has 6 heteroatoms. The SMILES string of the molecule is COCC(C)n1ccnc1-c1cc2cc(OC)ccc2[nH]c1=O. The maximum Gasteiger partial charge on any atom is 0.259 e. The van der Waals surface area contributed by atoms with E-state index in [-0.39, 0.29) is 11.6 Å². The molecule has 3 aromatic rings. The number of imidazole rings is 1. The molecule has 1 unspecified atom stereocenters. The number of benzene rings is 1. The Bertz CT molecular complexity index is 882. The Labute approximate surface area is 133 Å². The number of hydrogen-bond donors (Lipinski definition) is 1. The summed E-state index contributed by atoms with van der Waals surface area (Å²) in [6, 6.07) is 7.46. The molecule has 0 saturated heterocycles. The lowest BCUT2D eigenvalue weighted by molar-refractivity contribution is 0.163. The highest BCUT2D eigenvalue weighted by atomic mass is 16.5. The fourth-order valence-electron chi connectivity index (χ4n) is 2.68. The normalized spacial score (nSPS) is 12.5. The summed E-state index contributed by atoms with van der Waals surface area (Å²) in [5.41, 5.74) is 1.13. The number of ether oxygens (including phenoxy) is 2. The molecule has 0 aliphatic carbocycles. The lowest BCUT2D eigenvalue weighted by Gasteiger charge is -2.15. The van der Waals surface area contributed by atoms with Crippen LogP contribution in [0.25, 0.3) is 22.3 Å². The summed E-state index contributed by atoms with van der Waals surface area (Å²) in [5.74, 6) is 1.37. The zero-order valence-corrected chi connectivity index (χ0v) is 13.4. The molecule has 2 heterocycles. The van der Waals surface area contributed by atoms with E-state index in [0.717, 1.165) is 16.7 Å². The van der Waals surface area contributed by atoms with E-state index >= 15 is 0 Å². The quantitative estimate of drug-likeness (QED) is 0.786. The Morgan fingerprint density at radius 2 is 2.13 bits per heavy atom. The van der Waals surface area contributed by atoms with E-state index in [1.165, 1.54) is 0 Å². The number of nitrogens with one attached hydrogen (secondary N) is 1. The van der Waals surface area contributed by atoms with E-state index in [9.17, 15) is 4.79 Å². The van der Waals surface area contributed by atoms with Crippen LogP contribution >= 0.6 is 0 Å². The molecule has 120 valence electrons. The van der Waals surface area contributed by atoms with Crippen LogP contribution in [0, 0.1) is 0 Å². The van der Waals surface area contributed by atoms with Crippen molar-refractivity contribution in [1.29, 1.82) is 0 Å². The number of H-pyrrole nitrogens is 1. The van der Waals surface area contributed by atoms with Gasteiger partial charge in [0.15, 0.2) is 0 Å². The summed E-state index contributed by atoms with van der Waals surface area (Å²) in [5, 5.41) is 0.896. The van der Waals surface area contributed by atoms with Crippen molar-refractivity contribution in [1.82, 2.24) is 14.5 Å². The molecule has 0 radical (unpaired) electrons. The Hall–Kier alpha value is -2.60. The number of rotatable bonds is 5. The van der Waals surface area contributed by atoms with Crippen molar-refractivity contribution in [2.24, 2.45) is 0 Å². The summed E-state index contributed by atoms with van der Waals surface area (Å²) in [4.78, 5) is 19.7. The van der Waals surface area contributed by atoms with Crippen molar-refractivity contribution in [3.05, 3.63) is 47.0 Å². The molecule has 0 aliphatic rings. The second-order valence-electron chi connectivity index (χ2n) is 5.43. The highest BCUT2D eigenvalue weighted by molar-refractivity contribution is 5.83. The molecule has 0 aliphatic heterocycles. The van der Waals surface area contributed by atoms with Crippen molar-refractivity contribution >= 4 is 10.9 Å². The lowest BCUT2D eigenvalue weighted by Crippen LogP contribution is -2.16. The van der Waals surface area contributed by atoms with Crippen LogP contribution in [0.2, 0.25) is 0 Å². The zero-order chi connectivity index (χ0) is 16.4. The molecule has 0 fully saturated rings. The number of pyridine rings is 1. The topological polar surface area (TPSA) is 69.1 Å². The van der Waals surface area contributed by atoms with E-state index in [4.69, 9.17) is 9.47 Å². The van der Waals surface area contributed by atoms with E-state index in [1.807, 2.05) is 42.0 Å². The van der Waals surface area contributed by atoms with Crippen LogP contribution in [0.4, 0.5) is 0 Å². The smallest absolute Gasteiger partial charge is 0.259 e. The van der Waals surface area contributed by atoms with Gasteiger partial charge in [0.25, 0.3) is 5.56 Å². The fourth-order valence-corrected chi connectivity index (χ4v) is 2.68. The van der Waals surface area contributed by atoms with Crippen LogP contribution in [0.15, 0.2) is 41.5 Å². The lowest BCUT2D eigenvalue weighted by atomic mass is 10.1. The monoisotopic (exact) mass is 313 g/mol. The van der Waals surface area contributed by atoms with Crippen LogP contribution < -0.4 is 10.3 Å². The van der Waals surface area contributed by atoms with Crippen LogP contribution in [0.1, 0.15) is 13.0 Å². The minimum Gasteiger partial charge on any atom is -0.497 e. The van der Waals surface area contributed by atoms with Crippen LogP contribution in [-0.2, 0) is 4.74 Å². The van der Waals surface area contributed by atoms with Crippen LogP contribution in [-0.4, -0.2) is 35.4 Å². The van der Waals surface area contributed by atoms with Crippen molar-refractivity contribution in [3.63, 3.8) is 0 Å². The van der Waals surface area contributed by atoms with Gasteiger partial charge in [-0.2, -0.15) is 0 Å². The molecule has 0 saturated carbocycles. The Balaban J connectivity index is 2.15. The molecule has 1 aromatic carbocycles. The van der Waals surface area contributed by atoms with Gasteiger partial charge < -0.3 is 19.0 Å². The summed E-state index contributed by atoms with van der Waals surface area (Å²) >= 11 is 0. The maximum atomic E-state index is 12.4. The van der Waals surface area contributed by atoms with E-state index in [1.54, 1.807) is 20.4 Å². The van der Waals surface area contributed by atoms with Crippen molar-refractivity contribution in [3.8, 4) is 17.1 Å². The standard InChI is InChI=1S/C17H19N3O3/c1-11(10-22-2)20-7-6-18-16(20)14-9-12-8-13(23-3)4-5-15(12)19-17(14)21/h4-9,11H,10H2,1-3H3,(H,19,21). The van der Waals surface area contributed by atoms with Crippen molar-refractivity contribution in [2.45, 2.75) is 13.0 Å². The van der Waals surface area contributed by atoms with Gasteiger partial charge in [0.2, 0.25) is 0 Å². The molecule has 0 amide bonds. The van der Waals surface area contributed by atoms with Gasteiger partial charge in [-0.05, 0) is 31.2 Å². The summed E-state index contributed by atoms with van der Waals surface area (Å²) in [6.45, 7) is 2.57. The van der Waals surface area contributed by atoms with Gasteiger partial charge in [0.1, 0.15) is 11.6 Å². The maximum absolute atomic E-state index is 12.4. The summed E-state index contributed by atoms with van der Waals surface area (Å²) < 4.78 is 12.4. The van der Waals surface area contributed by atoms with E-state index in [0.29, 0.717) is 18.0 Å². The largest absolute Gasteiger partial charge is 0.497 e. The molecule has 0 spiro atoms. The number of aromatic nitrogens is 3. The zero-order valence-electron chi connectivity index (χ0n) is 13.4. The predicted molar refractivity (Wildman–Crippen MR) is 88.9 cm³/mol. The number of hydrogen-bond acceptors (Lipinski definition) is 4. The molecule has 1 N–H and O–H groups in total. The van der Waals surface area contributed by atoms with E-state index < -0.39 is 0 Å². The molecular formula is C17H19N3O3. The number of methoxy groups -OCH3 is 2. The minimum absolute atomic E-state index is 0.0814. The van der Waals surface area contributed by atoms with Gasteiger partial charge >= 0.3 is 0 Å². The summed E-state index contributed by atoms with van der Waals surface area (Å²) in [6.07, 6.45) is 3.55. The Morgan fingerprint density at radius 1 is 1.30 bits per heavy atom. The van der Waals surface area contributed by atoms with Crippen LogP contribution in [0.5, 0.6) is 5.75 Å². The number of aromatic amines is 1. The van der Waals surface area contributed by atoms with Crippen molar-refractivity contribution < 1.29 is 9.47 Å². The second-order valence-corrected chi connectivity index (χ2v) is 5.43. The van der Waals surface area contributed by atoms with Gasteiger partial charge in [0.05, 0.1) is 25.3 Å². The summed E-state index contributed by atoms with van der Waals surface area (Å²) in [7, 11) is 3.27. The second kappa shape index (κ2) is 6.26. The fraction of sp³-hybridized carbons (Fsp3) is 0.294. The first-order valence-corrected chi connectivity index (χ1v) is 7.37. The Kier molecular flexibility index (Phi) is 4.16. The number of fused-ring (bicyclic) bond motifs is 1. The molecule has 3 rings (SSSR count). The highest BCUT2D eigenvalue weighted by Gasteiger charge is 2.15. The third kappa shape index (κ3) is 2.85. The molecule has 2 aromatic heterocycles. The van der Waals surface area contributed by atoms with Gasteiger partial charge in [-0.15, -0.1) is 0 Å². The number of nitrogens with zero attached hydrogens (tertiary/aromatic N) is 2. The highest BCUT2D eigenvalue weighted by Crippen LogP contribution is 2.24. The average Bonchev–Trinajstić information content (AvgIpc) is 3.03. The third-order valence-electron chi connectivity index (χ3n) is 3.84. The third-order valence-corrected chi connectivity index (χ3v) is 3.84. The Morgan fingerprint density at radius 3 is 2.87 bits per heavy atom. The minimum atomic E-state index is -0.167. The van der Waals surface area contributed by atoms with E-state index in [2.05, 4.69) is 9.97 Å². The van der Waals surface area contributed by atoms with Crippen molar-refractivity contribution in [2.75, 3.05) is 20.8 Å². The van der Waals surface area contributed by atoms with Gasteiger partial charge in [-0.1, -0.05) is 0 Å². The molecule has 0 bridgehead atoms. The molecule has 6 nitrogen and oxygen atoms in total. The van der Waals surface area contributed by atoms with Gasteiger partial charge in [-0.3, -0.25) is 4.79 Å². The predicted octanol–water partition coefficient (Wildman–Crippen LogP) is 2.61. The average molecular weight is 313 g/mol. The molecule has 23 heavy (non-hydrogen) atoms. The van der Waals surface area contributed by atoms with Gasteiger partial charge in [0, 0.05) is 30.4 Å². The first-order valence-electron chi connectivity index (χ1n) is 7.37. The van der Waals surface area contributed by atoms with Crippen LogP contribution in [0.3, 0.4) is 0 Å². The molecular weight excluding hydrogens is 294 g/mol. The van der Waals surface area contributed by atoms with Gasteiger partial charge in [-0.25, -0.2) is 4.98 Å². The first-order chi connectivity index (χ1) is 11.1.